The van der Waals surface area contributed by atoms with E-state index < -0.39 is 0 Å². The molecule has 1 N–H and O–H groups in total. The zero-order valence-electron chi connectivity index (χ0n) is 11.2. The fourth-order valence-electron chi connectivity index (χ4n) is 1.96. The van der Waals surface area contributed by atoms with Crippen molar-refractivity contribution < 1.29 is 14.6 Å². The normalized spacial score (nSPS) is 10.2. The summed E-state index contributed by atoms with van der Waals surface area (Å²) in [5.74, 6) is 0.982. The first-order chi connectivity index (χ1) is 9.27. The number of aromatic hydroxyl groups is 1. The standard InChI is InChI=1S/C16H18O3/c1-3-18-14-11-10-13(12-8-6-5-7-9-12)16(15(14)17)19-4-2/h5-11,17H,3-4H2,1-2H3. The zero-order chi connectivity index (χ0) is 13.7. The van der Waals surface area contributed by atoms with Gasteiger partial charge in [0, 0.05) is 5.56 Å². The summed E-state index contributed by atoms with van der Waals surface area (Å²) in [7, 11) is 0. The lowest BCUT2D eigenvalue weighted by Gasteiger charge is -2.15. The minimum absolute atomic E-state index is 0.0602. The van der Waals surface area contributed by atoms with Crippen LogP contribution in [-0.4, -0.2) is 18.3 Å². The summed E-state index contributed by atoms with van der Waals surface area (Å²) in [5, 5.41) is 10.2. The average Bonchev–Trinajstić information content (AvgIpc) is 2.45. The summed E-state index contributed by atoms with van der Waals surface area (Å²) in [6.45, 7) is 4.76. The lowest BCUT2D eigenvalue weighted by Crippen LogP contribution is -1.98. The third-order valence-corrected chi connectivity index (χ3v) is 2.77. The van der Waals surface area contributed by atoms with Gasteiger partial charge in [-0.2, -0.15) is 0 Å². The van der Waals surface area contributed by atoms with E-state index in [4.69, 9.17) is 9.47 Å². The summed E-state index contributed by atoms with van der Waals surface area (Å²) in [5.41, 5.74) is 1.87. The van der Waals surface area contributed by atoms with Crippen molar-refractivity contribution in [3.05, 3.63) is 42.5 Å². The molecule has 0 atom stereocenters. The molecule has 2 rings (SSSR count). The summed E-state index contributed by atoms with van der Waals surface area (Å²) in [6, 6.07) is 13.5. The van der Waals surface area contributed by atoms with Gasteiger partial charge in [-0.1, -0.05) is 30.3 Å². The van der Waals surface area contributed by atoms with Crippen LogP contribution in [0.1, 0.15) is 13.8 Å². The van der Waals surface area contributed by atoms with Crippen LogP contribution in [-0.2, 0) is 0 Å². The fourth-order valence-corrected chi connectivity index (χ4v) is 1.96. The minimum Gasteiger partial charge on any atom is -0.502 e. The van der Waals surface area contributed by atoms with E-state index in [1.807, 2.05) is 50.2 Å². The van der Waals surface area contributed by atoms with Gasteiger partial charge in [-0.25, -0.2) is 0 Å². The number of phenols is 1. The second-order valence-corrected chi connectivity index (χ2v) is 4.02. The van der Waals surface area contributed by atoms with Gasteiger partial charge in [-0.05, 0) is 31.5 Å². The molecule has 19 heavy (non-hydrogen) atoms. The second kappa shape index (κ2) is 6.14. The Morgan fingerprint density at radius 1 is 0.895 bits per heavy atom. The summed E-state index contributed by atoms with van der Waals surface area (Å²) < 4.78 is 11.0. The molecule has 0 heterocycles. The Morgan fingerprint density at radius 2 is 1.58 bits per heavy atom. The SMILES string of the molecule is CCOc1ccc(-c2ccccc2)c(OCC)c1O. The molecule has 0 saturated heterocycles. The molecule has 0 aromatic heterocycles. The largest absolute Gasteiger partial charge is 0.502 e. The van der Waals surface area contributed by atoms with Crippen LogP contribution in [0.3, 0.4) is 0 Å². The Morgan fingerprint density at radius 3 is 2.21 bits per heavy atom. The van der Waals surface area contributed by atoms with Crippen molar-refractivity contribution in [3.8, 4) is 28.4 Å². The molecule has 3 heteroatoms. The van der Waals surface area contributed by atoms with Crippen molar-refractivity contribution in [3.63, 3.8) is 0 Å². The molecule has 100 valence electrons. The fraction of sp³-hybridized carbons (Fsp3) is 0.250. The van der Waals surface area contributed by atoms with Gasteiger partial charge in [0.25, 0.3) is 0 Å². The van der Waals surface area contributed by atoms with E-state index in [1.54, 1.807) is 6.07 Å². The van der Waals surface area contributed by atoms with Crippen LogP contribution in [0.4, 0.5) is 0 Å². The van der Waals surface area contributed by atoms with Gasteiger partial charge in [0.1, 0.15) is 0 Å². The lowest BCUT2D eigenvalue weighted by atomic mass is 10.0. The van der Waals surface area contributed by atoms with E-state index in [9.17, 15) is 5.11 Å². The van der Waals surface area contributed by atoms with Crippen molar-refractivity contribution >= 4 is 0 Å². The van der Waals surface area contributed by atoms with E-state index >= 15 is 0 Å². The molecule has 3 nitrogen and oxygen atoms in total. The number of phenolic OH excluding ortho intramolecular Hbond substituents is 1. The number of hydrogen-bond donors (Lipinski definition) is 1. The van der Waals surface area contributed by atoms with Gasteiger partial charge in [-0.3, -0.25) is 0 Å². The zero-order valence-corrected chi connectivity index (χ0v) is 11.2. The van der Waals surface area contributed by atoms with Crippen LogP contribution in [0.5, 0.6) is 17.2 Å². The third kappa shape index (κ3) is 2.81. The molecule has 0 radical (unpaired) electrons. The maximum atomic E-state index is 10.2. The molecule has 0 aliphatic rings. The highest BCUT2D eigenvalue weighted by Crippen LogP contribution is 2.43. The van der Waals surface area contributed by atoms with Gasteiger partial charge in [0.2, 0.25) is 5.75 Å². The van der Waals surface area contributed by atoms with Crippen molar-refractivity contribution in [2.75, 3.05) is 13.2 Å². The first-order valence-electron chi connectivity index (χ1n) is 6.44. The first-order valence-corrected chi connectivity index (χ1v) is 6.44. The molecule has 2 aromatic rings. The molecule has 0 spiro atoms. The Balaban J connectivity index is 2.52. The molecular formula is C16H18O3. The van der Waals surface area contributed by atoms with Crippen LogP contribution >= 0.6 is 0 Å². The van der Waals surface area contributed by atoms with E-state index in [0.29, 0.717) is 24.7 Å². The Labute approximate surface area is 113 Å². The molecule has 0 bridgehead atoms. The number of benzene rings is 2. The van der Waals surface area contributed by atoms with Gasteiger partial charge in [-0.15, -0.1) is 0 Å². The predicted octanol–water partition coefficient (Wildman–Crippen LogP) is 3.86. The van der Waals surface area contributed by atoms with Crippen molar-refractivity contribution in [2.45, 2.75) is 13.8 Å². The molecule has 0 aliphatic carbocycles. The Hall–Kier alpha value is -2.16. The van der Waals surface area contributed by atoms with Gasteiger partial charge < -0.3 is 14.6 Å². The van der Waals surface area contributed by atoms with Crippen LogP contribution in [0, 0.1) is 0 Å². The van der Waals surface area contributed by atoms with E-state index in [0.717, 1.165) is 11.1 Å². The third-order valence-electron chi connectivity index (χ3n) is 2.77. The summed E-state index contributed by atoms with van der Waals surface area (Å²) >= 11 is 0. The van der Waals surface area contributed by atoms with Gasteiger partial charge in [0.15, 0.2) is 11.5 Å². The molecule has 0 amide bonds. The summed E-state index contributed by atoms with van der Waals surface area (Å²) in [6.07, 6.45) is 0. The highest BCUT2D eigenvalue weighted by atomic mass is 16.5. The first kappa shape index (κ1) is 13.3. The van der Waals surface area contributed by atoms with Crippen molar-refractivity contribution in [2.24, 2.45) is 0 Å². The molecule has 0 unspecified atom stereocenters. The summed E-state index contributed by atoms with van der Waals surface area (Å²) in [4.78, 5) is 0. The van der Waals surface area contributed by atoms with E-state index in [-0.39, 0.29) is 5.75 Å². The molecule has 0 aliphatic heterocycles. The number of hydrogen-bond acceptors (Lipinski definition) is 3. The second-order valence-electron chi connectivity index (χ2n) is 4.02. The molecule has 0 saturated carbocycles. The quantitative estimate of drug-likeness (QED) is 0.885. The van der Waals surface area contributed by atoms with Crippen molar-refractivity contribution in [1.82, 2.24) is 0 Å². The van der Waals surface area contributed by atoms with Gasteiger partial charge >= 0.3 is 0 Å². The molecule has 2 aromatic carbocycles. The van der Waals surface area contributed by atoms with E-state index in [1.165, 1.54) is 0 Å². The van der Waals surface area contributed by atoms with Gasteiger partial charge in [0.05, 0.1) is 13.2 Å². The maximum absolute atomic E-state index is 10.2. The highest BCUT2D eigenvalue weighted by Gasteiger charge is 2.15. The van der Waals surface area contributed by atoms with Crippen LogP contribution in [0.2, 0.25) is 0 Å². The highest BCUT2D eigenvalue weighted by molar-refractivity contribution is 5.75. The monoisotopic (exact) mass is 258 g/mol. The topological polar surface area (TPSA) is 38.7 Å². The van der Waals surface area contributed by atoms with Crippen LogP contribution in [0.25, 0.3) is 11.1 Å². The molecule has 0 fully saturated rings. The average molecular weight is 258 g/mol. The smallest absolute Gasteiger partial charge is 0.201 e. The number of ether oxygens (including phenoxy) is 2. The number of rotatable bonds is 5. The van der Waals surface area contributed by atoms with E-state index in [2.05, 4.69) is 0 Å². The van der Waals surface area contributed by atoms with Crippen LogP contribution in [0.15, 0.2) is 42.5 Å². The molecular weight excluding hydrogens is 240 g/mol. The van der Waals surface area contributed by atoms with Crippen LogP contribution < -0.4 is 9.47 Å². The lowest BCUT2D eigenvalue weighted by molar-refractivity contribution is 0.290. The Bertz CT molecular complexity index is 535. The Kier molecular flexibility index (Phi) is 4.29. The maximum Gasteiger partial charge on any atom is 0.201 e. The van der Waals surface area contributed by atoms with Crippen molar-refractivity contribution in [1.29, 1.82) is 0 Å². The minimum atomic E-state index is 0.0602. The predicted molar refractivity (Wildman–Crippen MR) is 75.9 cm³/mol.